The monoisotopic (exact) mass is 252 g/mol. The number of hydrogen-bond acceptors (Lipinski definition) is 0. The van der Waals surface area contributed by atoms with E-state index >= 15 is 0 Å². The highest BCUT2D eigenvalue weighted by molar-refractivity contribution is 7.26. The van der Waals surface area contributed by atoms with E-state index in [1.54, 1.807) is 0 Å². The van der Waals surface area contributed by atoms with Gasteiger partial charge in [0.25, 0.3) is 0 Å². The number of benzene rings is 1. The zero-order valence-corrected chi connectivity index (χ0v) is 10.8. The van der Waals surface area contributed by atoms with Crippen molar-refractivity contribution in [2.75, 3.05) is 0 Å². The second kappa shape index (κ2) is 4.22. The van der Waals surface area contributed by atoms with Crippen molar-refractivity contribution in [2.45, 2.75) is 17.9 Å². The Morgan fingerprint density at radius 2 is 1.69 bits per heavy atom. The van der Waals surface area contributed by atoms with Gasteiger partial charge in [-0.3, -0.25) is 0 Å². The van der Waals surface area contributed by atoms with Crippen LogP contribution in [0.1, 0.15) is 10.4 Å². The summed E-state index contributed by atoms with van der Waals surface area (Å²) in [7, 11) is -1.84. The summed E-state index contributed by atoms with van der Waals surface area (Å²) in [5.74, 6) is 0. The molecule has 0 aliphatic carbocycles. The molecule has 0 saturated carbocycles. The molecule has 72 valence electrons. The fourth-order valence-electron chi connectivity index (χ4n) is 1.23. The van der Waals surface area contributed by atoms with Crippen LogP contribution in [-0.4, -0.2) is 7.38 Å². The summed E-state index contributed by atoms with van der Waals surface area (Å²) < 4.78 is 0. The summed E-state index contributed by atoms with van der Waals surface area (Å²) in [5, 5.41) is 1.12. The zero-order valence-electron chi connectivity index (χ0n) is 7.52. The van der Waals surface area contributed by atoms with Crippen LogP contribution in [0, 0.1) is 0 Å². The molecule has 0 aromatic heterocycles. The van der Waals surface area contributed by atoms with Gasteiger partial charge in [0.15, 0.2) is 7.38 Å². The van der Waals surface area contributed by atoms with Crippen molar-refractivity contribution in [3.8, 4) is 0 Å². The van der Waals surface area contributed by atoms with Gasteiger partial charge in [0.05, 0.1) is 0 Å². The lowest BCUT2D eigenvalue weighted by Crippen LogP contribution is -2.37. The third-order valence-electron chi connectivity index (χ3n) is 1.84. The number of halogens is 3. The van der Waals surface area contributed by atoms with Crippen LogP contribution in [0.25, 0.3) is 0 Å². The third-order valence-corrected chi connectivity index (χ3v) is 4.65. The Labute approximate surface area is 94.5 Å². The lowest BCUT2D eigenvalue weighted by Gasteiger charge is -2.18. The number of alkyl halides is 2. The molecule has 0 aliphatic rings. The summed E-state index contributed by atoms with van der Waals surface area (Å²) >= 11 is 18.0. The summed E-state index contributed by atoms with van der Waals surface area (Å²) in [6, 6.07) is 7.82. The van der Waals surface area contributed by atoms with Crippen molar-refractivity contribution >= 4 is 46.9 Å². The standard InChI is InChI=1S/C9H11Cl3Si/c1-13(2,12)8-6-4-3-5-7(8)9(10)11/h3-6,9H,1-2H3. The molecular formula is C9H11Cl3Si. The van der Waals surface area contributed by atoms with Gasteiger partial charge in [-0.05, 0) is 10.8 Å². The Hall–Kier alpha value is 0.307. The lowest BCUT2D eigenvalue weighted by molar-refractivity contribution is 1.37. The summed E-state index contributed by atoms with van der Waals surface area (Å²) in [4.78, 5) is -0.485. The second-order valence-electron chi connectivity index (χ2n) is 3.36. The average molecular weight is 254 g/mol. The first-order valence-corrected chi connectivity index (χ1v) is 8.88. The number of rotatable bonds is 2. The van der Waals surface area contributed by atoms with Crippen molar-refractivity contribution in [2.24, 2.45) is 0 Å². The first kappa shape index (κ1) is 11.4. The molecule has 0 aliphatic heterocycles. The molecule has 1 rings (SSSR count). The maximum Gasteiger partial charge on any atom is 0.181 e. The van der Waals surface area contributed by atoms with Gasteiger partial charge in [-0.25, -0.2) is 0 Å². The van der Waals surface area contributed by atoms with E-state index in [2.05, 4.69) is 13.1 Å². The molecule has 0 unspecified atom stereocenters. The molecule has 0 spiro atoms. The normalized spacial score (nSPS) is 12.2. The van der Waals surface area contributed by atoms with E-state index in [1.165, 1.54) is 0 Å². The van der Waals surface area contributed by atoms with Crippen LogP contribution < -0.4 is 5.19 Å². The SMILES string of the molecule is C[Si](C)(Cl)c1ccccc1C(Cl)Cl. The van der Waals surface area contributed by atoms with E-state index < -0.39 is 12.2 Å². The molecule has 0 saturated heterocycles. The molecule has 0 amide bonds. The van der Waals surface area contributed by atoms with E-state index in [-0.39, 0.29) is 0 Å². The van der Waals surface area contributed by atoms with Crippen LogP contribution >= 0.6 is 34.3 Å². The zero-order chi connectivity index (χ0) is 10.1. The molecule has 1 aromatic rings. The van der Waals surface area contributed by atoms with E-state index in [1.807, 2.05) is 24.3 Å². The van der Waals surface area contributed by atoms with Crippen LogP contribution in [0.5, 0.6) is 0 Å². The van der Waals surface area contributed by atoms with E-state index in [0.717, 1.165) is 10.8 Å². The molecule has 0 bridgehead atoms. The fourth-order valence-corrected chi connectivity index (χ4v) is 3.72. The topological polar surface area (TPSA) is 0 Å². The minimum absolute atomic E-state index is 0.485. The van der Waals surface area contributed by atoms with Crippen LogP contribution in [-0.2, 0) is 0 Å². The molecule has 0 heterocycles. The van der Waals surface area contributed by atoms with Crippen molar-refractivity contribution < 1.29 is 0 Å². The molecule has 0 atom stereocenters. The largest absolute Gasteiger partial charge is 0.181 e. The molecule has 0 nitrogen and oxygen atoms in total. The minimum Gasteiger partial charge on any atom is -0.162 e. The van der Waals surface area contributed by atoms with Crippen LogP contribution in [0.2, 0.25) is 13.1 Å². The van der Waals surface area contributed by atoms with Crippen LogP contribution in [0.15, 0.2) is 24.3 Å². The lowest BCUT2D eigenvalue weighted by atomic mass is 10.2. The molecule has 1 aromatic carbocycles. The fraction of sp³-hybridized carbons (Fsp3) is 0.333. The predicted molar refractivity (Wildman–Crippen MR) is 63.9 cm³/mol. The van der Waals surface area contributed by atoms with Gasteiger partial charge in [0, 0.05) is 0 Å². The van der Waals surface area contributed by atoms with Crippen LogP contribution in [0.3, 0.4) is 0 Å². The summed E-state index contributed by atoms with van der Waals surface area (Å²) in [6.45, 7) is 4.12. The van der Waals surface area contributed by atoms with Crippen molar-refractivity contribution in [1.29, 1.82) is 0 Å². The molecule has 4 heteroatoms. The molecule has 13 heavy (non-hydrogen) atoms. The Kier molecular flexibility index (Phi) is 3.70. The summed E-state index contributed by atoms with van der Waals surface area (Å²) in [5.41, 5.74) is 0.942. The van der Waals surface area contributed by atoms with Crippen LogP contribution in [0.4, 0.5) is 0 Å². The van der Waals surface area contributed by atoms with Gasteiger partial charge in [-0.15, -0.1) is 23.2 Å². The smallest absolute Gasteiger partial charge is 0.162 e. The quantitative estimate of drug-likeness (QED) is 0.427. The van der Waals surface area contributed by atoms with Gasteiger partial charge < -0.3 is 0 Å². The average Bonchev–Trinajstić information content (AvgIpc) is 2.03. The van der Waals surface area contributed by atoms with Gasteiger partial charge >= 0.3 is 0 Å². The van der Waals surface area contributed by atoms with E-state index in [4.69, 9.17) is 34.3 Å². The predicted octanol–water partition coefficient (Wildman–Crippen LogP) is 3.81. The van der Waals surface area contributed by atoms with Gasteiger partial charge in [-0.2, -0.15) is 11.1 Å². The minimum atomic E-state index is -1.84. The second-order valence-corrected chi connectivity index (χ2v) is 10.8. The summed E-state index contributed by atoms with van der Waals surface area (Å²) in [6.07, 6.45) is 0. The van der Waals surface area contributed by atoms with Gasteiger partial charge in [0.2, 0.25) is 0 Å². The van der Waals surface area contributed by atoms with Crippen molar-refractivity contribution in [3.05, 3.63) is 29.8 Å². The van der Waals surface area contributed by atoms with E-state index in [9.17, 15) is 0 Å². The number of hydrogen-bond donors (Lipinski definition) is 0. The Balaban J connectivity index is 3.20. The highest BCUT2D eigenvalue weighted by atomic mass is 35.6. The van der Waals surface area contributed by atoms with Gasteiger partial charge in [0.1, 0.15) is 4.84 Å². The maximum atomic E-state index is 6.33. The molecule has 0 N–H and O–H groups in total. The highest BCUT2D eigenvalue weighted by Crippen LogP contribution is 2.25. The Bertz CT molecular complexity index is 291. The van der Waals surface area contributed by atoms with Gasteiger partial charge in [-0.1, -0.05) is 37.4 Å². The van der Waals surface area contributed by atoms with Crippen molar-refractivity contribution in [1.82, 2.24) is 0 Å². The first-order valence-electron chi connectivity index (χ1n) is 3.99. The Morgan fingerprint density at radius 1 is 1.15 bits per heavy atom. The molecule has 0 radical (unpaired) electrons. The maximum absolute atomic E-state index is 6.33. The molecule has 0 fully saturated rings. The first-order chi connectivity index (χ1) is 5.93. The third kappa shape index (κ3) is 2.88. The van der Waals surface area contributed by atoms with E-state index in [0.29, 0.717) is 0 Å². The Morgan fingerprint density at radius 3 is 2.08 bits per heavy atom. The van der Waals surface area contributed by atoms with Crippen molar-refractivity contribution in [3.63, 3.8) is 0 Å². The molecular weight excluding hydrogens is 243 g/mol. The highest BCUT2D eigenvalue weighted by Gasteiger charge is 2.24.